The number of para-hydroxylation sites is 1. The minimum Gasteiger partial charge on any atom is -0.452 e. The summed E-state index contributed by atoms with van der Waals surface area (Å²) in [5.41, 5.74) is 4.02. The van der Waals surface area contributed by atoms with E-state index in [1.165, 1.54) is 0 Å². The van der Waals surface area contributed by atoms with Gasteiger partial charge in [-0.25, -0.2) is 4.79 Å². The van der Waals surface area contributed by atoms with Gasteiger partial charge in [-0.3, -0.25) is 9.78 Å². The van der Waals surface area contributed by atoms with Crippen molar-refractivity contribution < 1.29 is 14.3 Å². The van der Waals surface area contributed by atoms with Gasteiger partial charge < -0.3 is 10.1 Å². The molecule has 132 valence electrons. The van der Waals surface area contributed by atoms with Crippen molar-refractivity contribution in [2.45, 2.75) is 20.4 Å². The predicted molar refractivity (Wildman–Crippen MR) is 99.8 cm³/mol. The Morgan fingerprint density at radius 2 is 1.77 bits per heavy atom. The lowest BCUT2D eigenvalue weighted by Gasteiger charge is -2.09. The number of carbonyl (C=O) groups is 2. The molecule has 1 heterocycles. The van der Waals surface area contributed by atoms with Crippen LogP contribution in [-0.2, 0) is 16.1 Å². The fourth-order valence-corrected chi connectivity index (χ4v) is 2.64. The molecule has 0 spiro atoms. The van der Waals surface area contributed by atoms with E-state index in [-0.39, 0.29) is 12.5 Å². The molecule has 0 saturated heterocycles. The largest absolute Gasteiger partial charge is 0.452 e. The summed E-state index contributed by atoms with van der Waals surface area (Å²) in [4.78, 5) is 28.7. The fourth-order valence-electron chi connectivity index (χ4n) is 2.64. The molecule has 0 fully saturated rings. The summed E-state index contributed by atoms with van der Waals surface area (Å²) in [6.45, 7) is 3.90. The summed E-state index contributed by atoms with van der Waals surface area (Å²) in [7, 11) is 0. The highest BCUT2D eigenvalue weighted by Gasteiger charge is 2.14. The molecule has 0 atom stereocenters. The molecule has 1 N–H and O–H groups in total. The van der Waals surface area contributed by atoms with Crippen LogP contribution in [0.5, 0.6) is 0 Å². The first-order valence-electron chi connectivity index (χ1n) is 8.38. The predicted octanol–water partition coefficient (Wildman–Crippen LogP) is 3.32. The first kappa shape index (κ1) is 17.6. The van der Waals surface area contributed by atoms with Crippen LogP contribution >= 0.6 is 0 Å². The Labute approximate surface area is 152 Å². The lowest BCUT2D eigenvalue weighted by atomic mass is 10.1. The van der Waals surface area contributed by atoms with Gasteiger partial charge in [-0.2, -0.15) is 0 Å². The summed E-state index contributed by atoms with van der Waals surface area (Å²) < 4.78 is 5.18. The number of ether oxygens (including phenoxy) is 1. The van der Waals surface area contributed by atoms with Gasteiger partial charge in [0, 0.05) is 17.6 Å². The standard InChI is InChI=1S/C21H20N2O3/c1-14-7-9-16(10-8-14)12-22-20(24)13-26-21(25)18-11-15(2)23-19-6-4-3-5-17(18)19/h3-11H,12-13H2,1-2H3,(H,22,24). The Balaban J connectivity index is 1.60. The normalized spacial score (nSPS) is 10.5. The molecule has 0 saturated carbocycles. The Kier molecular flexibility index (Phi) is 5.27. The maximum absolute atomic E-state index is 12.4. The number of nitrogens with zero attached hydrogens (tertiary/aromatic N) is 1. The molecule has 1 amide bonds. The van der Waals surface area contributed by atoms with Crippen LogP contribution in [0.15, 0.2) is 54.6 Å². The van der Waals surface area contributed by atoms with E-state index in [4.69, 9.17) is 4.74 Å². The van der Waals surface area contributed by atoms with E-state index in [1.807, 2.05) is 62.4 Å². The second-order valence-corrected chi connectivity index (χ2v) is 6.17. The molecular weight excluding hydrogens is 328 g/mol. The molecule has 1 aromatic heterocycles. The lowest BCUT2D eigenvalue weighted by molar-refractivity contribution is -0.124. The SMILES string of the molecule is Cc1ccc(CNC(=O)COC(=O)c2cc(C)nc3ccccc23)cc1. The van der Waals surface area contributed by atoms with Crippen molar-refractivity contribution in [2.24, 2.45) is 0 Å². The van der Waals surface area contributed by atoms with Crippen molar-refractivity contribution in [1.82, 2.24) is 10.3 Å². The van der Waals surface area contributed by atoms with E-state index in [1.54, 1.807) is 6.07 Å². The number of aromatic nitrogens is 1. The number of carbonyl (C=O) groups excluding carboxylic acids is 2. The first-order valence-corrected chi connectivity index (χ1v) is 8.38. The topological polar surface area (TPSA) is 68.3 Å². The van der Waals surface area contributed by atoms with Crippen LogP contribution in [0.4, 0.5) is 0 Å². The zero-order valence-corrected chi connectivity index (χ0v) is 14.8. The highest BCUT2D eigenvalue weighted by atomic mass is 16.5. The highest BCUT2D eigenvalue weighted by molar-refractivity contribution is 6.04. The molecule has 5 heteroatoms. The summed E-state index contributed by atoms with van der Waals surface area (Å²) in [6.07, 6.45) is 0. The van der Waals surface area contributed by atoms with Gasteiger partial charge in [0.05, 0.1) is 11.1 Å². The van der Waals surface area contributed by atoms with E-state index < -0.39 is 5.97 Å². The van der Waals surface area contributed by atoms with Gasteiger partial charge in [0.25, 0.3) is 5.91 Å². The van der Waals surface area contributed by atoms with Gasteiger partial charge in [-0.15, -0.1) is 0 Å². The molecular formula is C21H20N2O3. The molecule has 0 unspecified atom stereocenters. The van der Waals surface area contributed by atoms with Crippen LogP contribution in [0, 0.1) is 13.8 Å². The molecule has 0 aliphatic rings. The molecule has 3 aromatic rings. The van der Waals surface area contributed by atoms with Gasteiger partial charge in [0.1, 0.15) is 0 Å². The highest BCUT2D eigenvalue weighted by Crippen LogP contribution is 2.19. The van der Waals surface area contributed by atoms with Crippen LogP contribution < -0.4 is 5.32 Å². The van der Waals surface area contributed by atoms with Gasteiger partial charge >= 0.3 is 5.97 Å². The van der Waals surface area contributed by atoms with Gasteiger partial charge in [-0.05, 0) is 31.5 Å². The Bertz CT molecular complexity index is 949. The van der Waals surface area contributed by atoms with Crippen LogP contribution in [0.2, 0.25) is 0 Å². The zero-order chi connectivity index (χ0) is 18.5. The van der Waals surface area contributed by atoms with Crippen LogP contribution in [0.25, 0.3) is 10.9 Å². The minimum atomic E-state index is -0.530. The van der Waals surface area contributed by atoms with Crippen molar-refractivity contribution in [3.05, 3.63) is 77.0 Å². The van der Waals surface area contributed by atoms with E-state index in [0.29, 0.717) is 17.5 Å². The number of amides is 1. The van der Waals surface area contributed by atoms with Crippen molar-refractivity contribution in [1.29, 1.82) is 0 Å². The number of esters is 1. The van der Waals surface area contributed by atoms with Crippen LogP contribution in [0.3, 0.4) is 0 Å². The summed E-state index contributed by atoms with van der Waals surface area (Å²) in [6, 6.07) is 16.9. The molecule has 2 aromatic carbocycles. The third kappa shape index (κ3) is 4.25. The van der Waals surface area contributed by atoms with Gasteiger partial charge in [-0.1, -0.05) is 48.0 Å². The molecule has 0 aliphatic heterocycles. The number of hydrogen-bond acceptors (Lipinski definition) is 4. The molecule has 0 bridgehead atoms. The van der Waals surface area contributed by atoms with E-state index in [9.17, 15) is 9.59 Å². The van der Waals surface area contributed by atoms with E-state index >= 15 is 0 Å². The van der Waals surface area contributed by atoms with Crippen molar-refractivity contribution in [2.75, 3.05) is 6.61 Å². The average Bonchev–Trinajstić information content (AvgIpc) is 2.65. The molecule has 26 heavy (non-hydrogen) atoms. The van der Waals surface area contributed by atoms with Gasteiger partial charge in [0.2, 0.25) is 0 Å². The number of aryl methyl sites for hydroxylation is 2. The molecule has 5 nitrogen and oxygen atoms in total. The van der Waals surface area contributed by atoms with E-state index in [0.717, 1.165) is 22.3 Å². The number of pyridine rings is 1. The number of nitrogens with one attached hydrogen (secondary N) is 1. The Morgan fingerprint density at radius 1 is 1.04 bits per heavy atom. The van der Waals surface area contributed by atoms with Crippen LogP contribution in [-0.4, -0.2) is 23.5 Å². The molecule has 0 radical (unpaired) electrons. The Hall–Kier alpha value is -3.21. The monoisotopic (exact) mass is 348 g/mol. The van der Waals surface area contributed by atoms with Crippen molar-refractivity contribution in [3.8, 4) is 0 Å². The van der Waals surface area contributed by atoms with E-state index in [2.05, 4.69) is 10.3 Å². The Morgan fingerprint density at radius 3 is 2.54 bits per heavy atom. The summed E-state index contributed by atoms with van der Waals surface area (Å²) >= 11 is 0. The maximum atomic E-state index is 12.4. The summed E-state index contributed by atoms with van der Waals surface area (Å²) in [5.74, 6) is -0.869. The molecule has 0 aliphatic carbocycles. The van der Waals surface area contributed by atoms with Crippen LogP contribution in [0.1, 0.15) is 27.2 Å². The minimum absolute atomic E-state index is 0.319. The third-order valence-electron chi connectivity index (χ3n) is 4.01. The third-order valence-corrected chi connectivity index (χ3v) is 4.01. The smallest absolute Gasteiger partial charge is 0.339 e. The second-order valence-electron chi connectivity index (χ2n) is 6.17. The summed E-state index contributed by atoms with van der Waals surface area (Å²) in [5, 5.41) is 3.46. The number of benzene rings is 2. The zero-order valence-electron chi connectivity index (χ0n) is 14.8. The number of rotatable bonds is 5. The number of fused-ring (bicyclic) bond motifs is 1. The average molecular weight is 348 g/mol. The lowest BCUT2D eigenvalue weighted by Crippen LogP contribution is -2.28. The maximum Gasteiger partial charge on any atom is 0.339 e. The van der Waals surface area contributed by atoms with Crippen molar-refractivity contribution >= 4 is 22.8 Å². The van der Waals surface area contributed by atoms with Crippen molar-refractivity contribution in [3.63, 3.8) is 0 Å². The quantitative estimate of drug-likeness (QED) is 0.718. The second kappa shape index (κ2) is 7.78. The number of hydrogen-bond donors (Lipinski definition) is 1. The molecule has 3 rings (SSSR count). The first-order chi connectivity index (χ1) is 12.5. The fraction of sp³-hybridized carbons (Fsp3) is 0.190. The van der Waals surface area contributed by atoms with Gasteiger partial charge in [0.15, 0.2) is 6.61 Å².